The van der Waals surface area contributed by atoms with Gasteiger partial charge in [0, 0.05) is 29.3 Å². The highest BCUT2D eigenvalue weighted by atomic mass is 28.3. The summed E-state index contributed by atoms with van der Waals surface area (Å²) in [6.45, 7) is 5.22. The highest BCUT2D eigenvalue weighted by molar-refractivity contribution is 6.83. The molecule has 1 saturated heterocycles. The van der Waals surface area contributed by atoms with Gasteiger partial charge in [0.15, 0.2) is 5.82 Å². The minimum atomic E-state index is -2.15. The molecular weight excluding hydrogens is 394 g/mol. The van der Waals surface area contributed by atoms with E-state index < -0.39 is 15.0 Å². The van der Waals surface area contributed by atoms with Crippen molar-refractivity contribution in [1.29, 1.82) is 0 Å². The zero-order valence-corrected chi connectivity index (χ0v) is 19.2. The Bertz CT molecular complexity index is 1130. The number of anilines is 1. The van der Waals surface area contributed by atoms with Crippen molar-refractivity contribution in [2.45, 2.75) is 38.5 Å². The van der Waals surface area contributed by atoms with Gasteiger partial charge >= 0.3 is 0 Å². The van der Waals surface area contributed by atoms with E-state index in [9.17, 15) is 4.79 Å². The van der Waals surface area contributed by atoms with Crippen LogP contribution in [0.4, 0.5) is 5.82 Å². The fraction of sp³-hybridized carbons (Fsp3) is 0.500. The molecule has 0 radical (unpaired) electrons. The number of ether oxygens (including phenoxy) is 1. The third-order valence-electron chi connectivity index (χ3n) is 4.86. The fourth-order valence-electron chi connectivity index (χ4n) is 3.29. The summed E-state index contributed by atoms with van der Waals surface area (Å²) in [5.41, 5.74) is 4.47. The molecule has 2 aromatic rings. The SMILES string of the molecule is [2H]C([2H])([2H])N1CCC[C@@H](Nc2nnc(-c3ccc(C#C[Si](C)(C)C)cc3OC)n(C)c2=O)C1. The van der Waals surface area contributed by atoms with Gasteiger partial charge in [-0.05, 0) is 44.6 Å². The molecule has 1 aromatic heterocycles. The third-order valence-corrected chi connectivity index (χ3v) is 5.73. The highest BCUT2D eigenvalue weighted by Crippen LogP contribution is 2.28. The van der Waals surface area contributed by atoms with Crippen LogP contribution in [-0.4, -0.2) is 61.0 Å². The van der Waals surface area contributed by atoms with Crippen molar-refractivity contribution in [3.8, 4) is 28.6 Å². The Hall–Kier alpha value is -2.63. The molecule has 1 fully saturated rings. The predicted octanol–water partition coefficient (Wildman–Crippen LogP) is 2.59. The Balaban J connectivity index is 1.87. The number of hydrogen-bond donors (Lipinski definition) is 1. The smallest absolute Gasteiger partial charge is 0.296 e. The van der Waals surface area contributed by atoms with Gasteiger partial charge in [-0.15, -0.1) is 15.7 Å². The molecule has 0 unspecified atom stereocenters. The van der Waals surface area contributed by atoms with Gasteiger partial charge in [-0.1, -0.05) is 25.6 Å². The number of nitrogens with one attached hydrogen (secondary N) is 1. The van der Waals surface area contributed by atoms with Crippen LogP contribution < -0.4 is 15.6 Å². The summed E-state index contributed by atoms with van der Waals surface area (Å²) in [4.78, 5) is 14.5. The van der Waals surface area contributed by atoms with E-state index in [1.54, 1.807) is 14.2 Å². The summed E-state index contributed by atoms with van der Waals surface area (Å²) in [5.74, 6) is 4.25. The predicted molar refractivity (Wildman–Crippen MR) is 124 cm³/mol. The maximum Gasteiger partial charge on any atom is 0.296 e. The molecule has 1 atom stereocenters. The first-order valence-corrected chi connectivity index (χ1v) is 13.6. The number of likely N-dealkylation sites (N-methyl/N-ethyl adjacent to an activating group) is 1. The molecular formula is C22H31N5O2Si. The average molecular weight is 429 g/mol. The topological polar surface area (TPSA) is 72.3 Å². The molecule has 30 heavy (non-hydrogen) atoms. The second-order valence-electron chi connectivity index (χ2n) is 8.58. The molecule has 3 rings (SSSR count). The lowest BCUT2D eigenvalue weighted by molar-refractivity contribution is 0.260. The number of methoxy groups -OCH3 is 1. The maximum absolute atomic E-state index is 13.0. The second kappa shape index (κ2) is 9.02. The molecule has 1 aliphatic heterocycles. The summed E-state index contributed by atoms with van der Waals surface area (Å²) in [6.07, 6.45) is 1.49. The van der Waals surface area contributed by atoms with Gasteiger partial charge in [0.05, 0.1) is 12.7 Å². The van der Waals surface area contributed by atoms with Crippen molar-refractivity contribution < 1.29 is 8.85 Å². The Kier molecular flexibility index (Phi) is 5.46. The molecule has 0 bridgehead atoms. The Morgan fingerprint density at radius 3 is 2.83 bits per heavy atom. The number of nitrogens with zero attached hydrogens (tertiary/aromatic N) is 4. The lowest BCUT2D eigenvalue weighted by Crippen LogP contribution is -2.41. The van der Waals surface area contributed by atoms with Crippen molar-refractivity contribution >= 4 is 13.9 Å². The van der Waals surface area contributed by atoms with E-state index in [1.807, 2.05) is 18.2 Å². The normalized spacial score (nSPS) is 19.1. The number of hydrogen-bond acceptors (Lipinski definition) is 6. The molecule has 8 heteroatoms. The van der Waals surface area contributed by atoms with Crippen LogP contribution in [0.15, 0.2) is 23.0 Å². The molecule has 1 aromatic carbocycles. The van der Waals surface area contributed by atoms with Gasteiger partial charge < -0.3 is 15.0 Å². The molecule has 1 N–H and O–H groups in total. The van der Waals surface area contributed by atoms with Gasteiger partial charge in [0.1, 0.15) is 13.8 Å². The van der Waals surface area contributed by atoms with E-state index >= 15 is 0 Å². The minimum Gasteiger partial charge on any atom is -0.496 e. The molecule has 0 saturated carbocycles. The highest BCUT2D eigenvalue weighted by Gasteiger charge is 2.21. The first-order chi connectivity index (χ1) is 15.4. The summed E-state index contributed by atoms with van der Waals surface area (Å²) in [7, 11) is 1.68. The number of aromatic nitrogens is 3. The summed E-state index contributed by atoms with van der Waals surface area (Å²) in [5, 5.41) is 11.5. The number of likely N-dealkylation sites (tertiary alicyclic amines) is 1. The van der Waals surface area contributed by atoms with E-state index in [0.29, 0.717) is 30.2 Å². The average Bonchev–Trinajstić information content (AvgIpc) is 2.75. The van der Waals surface area contributed by atoms with E-state index in [0.717, 1.165) is 18.4 Å². The van der Waals surface area contributed by atoms with Crippen molar-refractivity contribution in [3.63, 3.8) is 0 Å². The molecule has 0 amide bonds. The molecule has 2 heterocycles. The minimum absolute atomic E-state index is 0.107. The summed E-state index contributed by atoms with van der Waals surface area (Å²) in [6, 6.07) is 5.37. The molecule has 1 aliphatic rings. The quantitative estimate of drug-likeness (QED) is 0.596. The van der Waals surface area contributed by atoms with Crippen LogP contribution in [0.3, 0.4) is 0 Å². The van der Waals surface area contributed by atoms with Crippen LogP contribution in [0, 0.1) is 11.5 Å². The maximum atomic E-state index is 13.0. The largest absolute Gasteiger partial charge is 0.496 e. The van der Waals surface area contributed by atoms with Crippen molar-refractivity contribution in [2.75, 3.05) is 32.5 Å². The van der Waals surface area contributed by atoms with Crippen LogP contribution in [0.25, 0.3) is 11.4 Å². The standard InChI is InChI=1S/C22H31N5O2Si/c1-26-12-7-8-17(15-26)23-20-22(28)27(2)21(25-24-20)18-10-9-16(14-19(18)29-3)11-13-30(4,5)6/h9-10,14,17H,7-8,12,15H2,1-6H3,(H,23,24)/t17-/m1/s1/i1D3. The fourth-order valence-corrected chi connectivity index (χ4v) is 3.81. The molecule has 0 spiro atoms. The molecule has 7 nitrogen and oxygen atoms in total. The van der Waals surface area contributed by atoms with E-state index in [1.165, 1.54) is 9.47 Å². The van der Waals surface area contributed by atoms with Crippen LogP contribution in [0.5, 0.6) is 5.75 Å². The first kappa shape index (κ1) is 18.2. The van der Waals surface area contributed by atoms with Crippen molar-refractivity contribution in [3.05, 3.63) is 34.1 Å². The summed E-state index contributed by atoms with van der Waals surface area (Å²) >= 11 is 0. The van der Waals surface area contributed by atoms with E-state index in [-0.39, 0.29) is 17.4 Å². The lowest BCUT2D eigenvalue weighted by Gasteiger charge is -2.30. The molecule has 0 aliphatic carbocycles. The monoisotopic (exact) mass is 428 g/mol. The van der Waals surface area contributed by atoms with Crippen LogP contribution in [-0.2, 0) is 7.05 Å². The van der Waals surface area contributed by atoms with Gasteiger partial charge in [-0.2, -0.15) is 0 Å². The van der Waals surface area contributed by atoms with Gasteiger partial charge in [-0.25, -0.2) is 0 Å². The van der Waals surface area contributed by atoms with Crippen LogP contribution in [0.2, 0.25) is 19.6 Å². The van der Waals surface area contributed by atoms with Crippen LogP contribution in [0.1, 0.15) is 22.5 Å². The number of rotatable bonds is 4. The zero-order chi connectivity index (χ0) is 24.4. The summed E-state index contributed by atoms with van der Waals surface area (Å²) < 4.78 is 29.8. The Morgan fingerprint density at radius 2 is 2.13 bits per heavy atom. The van der Waals surface area contributed by atoms with Crippen molar-refractivity contribution in [1.82, 2.24) is 19.7 Å². The first-order valence-electron chi connectivity index (χ1n) is 11.6. The van der Waals surface area contributed by atoms with E-state index in [2.05, 4.69) is 46.6 Å². The third kappa shape index (κ3) is 5.29. The Labute approximate surface area is 183 Å². The van der Waals surface area contributed by atoms with Gasteiger partial charge in [-0.3, -0.25) is 9.36 Å². The zero-order valence-electron chi connectivity index (χ0n) is 21.2. The van der Waals surface area contributed by atoms with Crippen molar-refractivity contribution in [2.24, 2.45) is 7.05 Å². The van der Waals surface area contributed by atoms with Crippen LogP contribution >= 0.6 is 0 Å². The van der Waals surface area contributed by atoms with Gasteiger partial charge in [0.25, 0.3) is 5.56 Å². The van der Waals surface area contributed by atoms with E-state index in [4.69, 9.17) is 8.85 Å². The molecule has 160 valence electrons. The number of benzene rings is 1. The van der Waals surface area contributed by atoms with Gasteiger partial charge in [0.2, 0.25) is 5.82 Å². The second-order valence-corrected chi connectivity index (χ2v) is 13.3. The Morgan fingerprint density at radius 1 is 1.33 bits per heavy atom. The number of piperidine rings is 1. The lowest BCUT2D eigenvalue weighted by atomic mass is 10.1.